The lowest BCUT2D eigenvalue weighted by Gasteiger charge is -2.17. The molecule has 0 aliphatic rings. The van der Waals surface area contributed by atoms with E-state index in [0.29, 0.717) is 24.3 Å². The highest BCUT2D eigenvalue weighted by atomic mass is 16.5. The van der Waals surface area contributed by atoms with Gasteiger partial charge in [0.25, 0.3) is 5.91 Å². The maximum Gasteiger partial charge on any atom is 0.328 e. The highest BCUT2D eigenvalue weighted by Gasteiger charge is 2.24. The number of esters is 1. The predicted molar refractivity (Wildman–Crippen MR) is 123 cm³/mol. The molecule has 0 saturated heterocycles. The molecule has 0 spiro atoms. The van der Waals surface area contributed by atoms with Crippen molar-refractivity contribution in [2.75, 3.05) is 20.3 Å². The number of methoxy groups -OCH3 is 1. The number of phenols is 1. The summed E-state index contributed by atoms with van der Waals surface area (Å²) in [6.07, 6.45) is 1.97. The van der Waals surface area contributed by atoms with Crippen molar-refractivity contribution >= 4 is 22.6 Å². The van der Waals surface area contributed by atoms with E-state index < -0.39 is 17.9 Å². The van der Waals surface area contributed by atoms with E-state index in [1.807, 2.05) is 48.5 Å². The lowest BCUT2D eigenvalue weighted by Crippen LogP contribution is -2.43. The highest BCUT2D eigenvalue weighted by Crippen LogP contribution is 2.32. The summed E-state index contributed by atoms with van der Waals surface area (Å²) >= 11 is 0. The van der Waals surface area contributed by atoms with E-state index in [0.717, 1.165) is 23.8 Å². The minimum atomic E-state index is -0.887. The number of carbonyl (C=O) groups is 2. The zero-order valence-electron chi connectivity index (χ0n) is 18.0. The average molecular weight is 437 g/mol. The molecule has 3 aromatic rings. The Labute approximate surface area is 187 Å². The van der Waals surface area contributed by atoms with E-state index >= 15 is 0 Å². The number of phenolic OH excluding ortho intramolecular Hbond substituents is 1. The van der Waals surface area contributed by atoms with E-state index in [9.17, 15) is 14.7 Å². The van der Waals surface area contributed by atoms with E-state index in [1.54, 1.807) is 6.07 Å². The molecular weight excluding hydrogens is 408 g/mol. The first-order valence-corrected chi connectivity index (χ1v) is 10.5. The van der Waals surface area contributed by atoms with Crippen molar-refractivity contribution in [2.45, 2.75) is 25.3 Å². The molecule has 4 N–H and O–H groups in total. The third-order valence-electron chi connectivity index (χ3n) is 5.13. The van der Waals surface area contributed by atoms with Crippen molar-refractivity contribution in [3.63, 3.8) is 0 Å². The number of rotatable bonds is 10. The van der Waals surface area contributed by atoms with Crippen LogP contribution in [0.2, 0.25) is 0 Å². The fraction of sp³-hybridized carbons (Fsp3) is 0.280. The molecule has 0 heterocycles. The molecule has 0 saturated carbocycles. The molecule has 7 heteroatoms. The summed E-state index contributed by atoms with van der Waals surface area (Å²) < 4.78 is 10.7. The van der Waals surface area contributed by atoms with Gasteiger partial charge in [0, 0.05) is 11.8 Å². The van der Waals surface area contributed by atoms with Gasteiger partial charge in [-0.05, 0) is 48.5 Å². The number of aromatic hydroxyl groups is 1. The molecular formula is C25H28N2O5. The number of ether oxygens (including phenoxy) is 2. The Balaban J connectivity index is 1.81. The Hall–Kier alpha value is -3.58. The fourth-order valence-electron chi connectivity index (χ4n) is 3.44. The molecule has 1 atom stereocenters. The lowest BCUT2D eigenvalue weighted by atomic mass is 10.0. The van der Waals surface area contributed by atoms with Crippen LogP contribution in [0.4, 0.5) is 0 Å². The molecule has 0 aliphatic carbocycles. The summed E-state index contributed by atoms with van der Waals surface area (Å²) in [6.45, 7) is 1.12. The van der Waals surface area contributed by atoms with Gasteiger partial charge < -0.3 is 25.6 Å². The van der Waals surface area contributed by atoms with Gasteiger partial charge >= 0.3 is 5.97 Å². The van der Waals surface area contributed by atoms with Gasteiger partial charge in [-0.15, -0.1) is 0 Å². The summed E-state index contributed by atoms with van der Waals surface area (Å²) in [5.41, 5.74) is 6.46. The molecule has 3 rings (SSSR count). The quantitative estimate of drug-likeness (QED) is 0.333. The summed E-state index contributed by atoms with van der Waals surface area (Å²) in [7, 11) is 1.27. The number of amides is 1. The smallest absolute Gasteiger partial charge is 0.328 e. The van der Waals surface area contributed by atoms with Crippen LogP contribution in [0.15, 0.2) is 60.7 Å². The second-order valence-corrected chi connectivity index (χ2v) is 7.43. The molecule has 0 fully saturated rings. The molecule has 0 unspecified atom stereocenters. The van der Waals surface area contributed by atoms with Gasteiger partial charge in [0.1, 0.15) is 17.5 Å². The molecule has 32 heavy (non-hydrogen) atoms. The SMILES string of the molecule is COC(=O)[C@H](Cc1ccccc1)NC(=O)c1cc2cccc(OCCCCN)c2cc1O. The molecule has 1 amide bonds. The van der Waals surface area contributed by atoms with Gasteiger partial charge in [-0.25, -0.2) is 4.79 Å². The number of benzene rings is 3. The third-order valence-corrected chi connectivity index (χ3v) is 5.13. The number of nitrogens with two attached hydrogens (primary N) is 1. The number of hydrogen-bond donors (Lipinski definition) is 3. The van der Waals surface area contributed by atoms with Crippen LogP contribution in [-0.2, 0) is 16.0 Å². The van der Waals surface area contributed by atoms with E-state index in [-0.39, 0.29) is 17.7 Å². The Morgan fingerprint density at radius 2 is 1.84 bits per heavy atom. The Morgan fingerprint density at radius 1 is 1.06 bits per heavy atom. The number of hydrogen-bond acceptors (Lipinski definition) is 6. The molecule has 3 aromatic carbocycles. The second kappa shape index (κ2) is 11.2. The molecule has 0 aliphatic heterocycles. The fourth-order valence-corrected chi connectivity index (χ4v) is 3.44. The van der Waals surface area contributed by atoms with Crippen LogP contribution >= 0.6 is 0 Å². The predicted octanol–water partition coefficient (Wildman–Crippen LogP) is 3.18. The minimum absolute atomic E-state index is 0.0692. The number of unbranched alkanes of at least 4 members (excludes halogenated alkanes) is 1. The van der Waals surface area contributed by atoms with Crippen LogP contribution in [0, 0.1) is 0 Å². The van der Waals surface area contributed by atoms with Crippen LogP contribution < -0.4 is 15.8 Å². The average Bonchev–Trinajstić information content (AvgIpc) is 2.81. The van der Waals surface area contributed by atoms with Gasteiger partial charge in [-0.3, -0.25) is 4.79 Å². The molecule has 0 aromatic heterocycles. The maximum atomic E-state index is 12.9. The van der Waals surface area contributed by atoms with E-state index in [2.05, 4.69) is 5.32 Å². The number of carbonyl (C=O) groups excluding carboxylic acids is 2. The zero-order chi connectivity index (χ0) is 22.9. The summed E-state index contributed by atoms with van der Waals surface area (Å²) in [5, 5.41) is 14.7. The highest BCUT2D eigenvalue weighted by molar-refractivity contribution is 6.03. The van der Waals surface area contributed by atoms with Gasteiger partial charge in [0.2, 0.25) is 0 Å². The van der Waals surface area contributed by atoms with Gasteiger partial charge in [0.05, 0.1) is 19.3 Å². The van der Waals surface area contributed by atoms with Crippen LogP contribution in [0.1, 0.15) is 28.8 Å². The van der Waals surface area contributed by atoms with Crippen molar-refractivity contribution in [1.82, 2.24) is 5.32 Å². The van der Waals surface area contributed by atoms with Crippen molar-refractivity contribution < 1.29 is 24.2 Å². The van der Waals surface area contributed by atoms with Crippen LogP contribution in [0.5, 0.6) is 11.5 Å². The maximum absolute atomic E-state index is 12.9. The molecule has 0 radical (unpaired) electrons. The first kappa shape index (κ1) is 23.1. The van der Waals surface area contributed by atoms with Gasteiger partial charge in [0.15, 0.2) is 0 Å². The van der Waals surface area contributed by atoms with Crippen molar-refractivity contribution in [1.29, 1.82) is 0 Å². The van der Waals surface area contributed by atoms with Gasteiger partial charge in [-0.2, -0.15) is 0 Å². The second-order valence-electron chi connectivity index (χ2n) is 7.43. The Kier molecular flexibility index (Phi) is 8.05. The first-order valence-electron chi connectivity index (χ1n) is 10.5. The normalized spacial score (nSPS) is 11.7. The van der Waals surface area contributed by atoms with Crippen molar-refractivity contribution in [3.8, 4) is 11.5 Å². The van der Waals surface area contributed by atoms with E-state index in [4.69, 9.17) is 15.2 Å². The topological polar surface area (TPSA) is 111 Å². The van der Waals surface area contributed by atoms with Crippen LogP contribution in [0.3, 0.4) is 0 Å². The Morgan fingerprint density at radius 3 is 2.56 bits per heavy atom. The van der Waals surface area contributed by atoms with Crippen molar-refractivity contribution in [2.24, 2.45) is 5.73 Å². The van der Waals surface area contributed by atoms with Gasteiger partial charge in [-0.1, -0.05) is 42.5 Å². The Bertz CT molecular complexity index is 1070. The molecule has 168 valence electrons. The third kappa shape index (κ3) is 5.76. The monoisotopic (exact) mass is 436 g/mol. The summed E-state index contributed by atoms with van der Waals surface area (Å²) in [5.74, 6) is -0.699. The van der Waals surface area contributed by atoms with E-state index in [1.165, 1.54) is 13.2 Å². The minimum Gasteiger partial charge on any atom is -0.507 e. The van der Waals surface area contributed by atoms with Crippen molar-refractivity contribution in [3.05, 3.63) is 71.8 Å². The summed E-state index contributed by atoms with van der Waals surface area (Å²) in [6, 6.07) is 17.0. The molecule has 7 nitrogen and oxygen atoms in total. The standard InChI is InChI=1S/C25H28N2O5/c1-31-25(30)21(14-17-8-3-2-4-9-17)27-24(29)20-15-18-10-7-11-23(19(18)16-22(20)28)32-13-6-5-12-26/h2-4,7-11,15-16,21,28H,5-6,12-14,26H2,1H3,(H,27,29)/t21-/m0/s1. The number of fused-ring (bicyclic) bond motifs is 1. The summed E-state index contributed by atoms with van der Waals surface area (Å²) in [4.78, 5) is 25.2. The zero-order valence-corrected chi connectivity index (χ0v) is 18.0. The number of nitrogens with one attached hydrogen (secondary N) is 1. The first-order chi connectivity index (χ1) is 15.5. The lowest BCUT2D eigenvalue weighted by molar-refractivity contribution is -0.142. The van der Waals surface area contributed by atoms with Crippen LogP contribution in [0.25, 0.3) is 10.8 Å². The largest absolute Gasteiger partial charge is 0.507 e. The van der Waals surface area contributed by atoms with Crippen LogP contribution in [-0.4, -0.2) is 43.3 Å². The molecule has 0 bridgehead atoms.